The molecular formula is C19H22ClN3O4S. The summed E-state index contributed by atoms with van der Waals surface area (Å²) in [5, 5.41) is 2.42. The summed E-state index contributed by atoms with van der Waals surface area (Å²) >= 11 is 7.32. The number of hydrogen-bond donors (Lipinski definition) is 1. The van der Waals surface area contributed by atoms with Crippen molar-refractivity contribution in [1.82, 2.24) is 10.2 Å². The molecule has 0 saturated carbocycles. The maximum absolute atomic E-state index is 12.3. The smallest absolute Gasteiger partial charge is 0.410 e. The Morgan fingerprint density at radius 1 is 1.21 bits per heavy atom. The molecule has 3 amide bonds. The van der Waals surface area contributed by atoms with Gasteiger partial charge in [0.15, 0.2) is 0 Å². The molecule has 0 aliphatic carbocycles. The van der Waals surface area contributed by atoms with E-state index in [1.54, 1.807) is 23.1 Å². The third kappa shape index (κ3) is 4.80. The maximum atomic E-state index is 12.3. The van der Waals surface area contributed by atoms with Gasteiger partial charge in [-0.2, -0.15) is 0 Å². The molecule has 0 bridgehead atoms. The summed E-state index contributed by atoms with van der Waals surface area (Å²) in [5.74, 6) is -0.407. The van der Waals surface area contributed by atoms with Gasteiger partial charge in [0.2, 0.25) is 0 Å². The van der Waals surface area contributed by atoms with Crippen LogP contribution in [0.5, 0.6) is 0 Å². The molecule has 2 aliphatic heterocycles. The minimum absolute atomic E-state index is 0.328. The lowest BCUT2D eigenvalue weighted by atomic mass is 10.1. The number of nitrogens with one attached hydrogen (secondary N) is 1. The molecule has 2 aliphatic rings. The molecule has 2 fully saturated rings. The van der Waals surface area contributed by atoms with Gasteiger partial charge >= 0.3 is 6.09 Å². The lowest BCUT2D eigenvalue weighted by Crippen LogP contribution is -2.50. The van der Waals surface area contributed by atoms with Crippen LogP contribution in [0.25, 0.3) is 6.08 Å². The van der Waals surface area contributed by atoms with Crippen molar-refractivity contribution in [2.75, 3.05) is 31.1 Å². The van der Waals surface area contributed by atoms with E-state index in [9.17, 15) is 14.4 Å². The Balaban J connectivity index is 1.77. The Morgan fingerprint density at radius 2 is 1.89 bits per heavy atom. The van der Waals surface area contributed by atoms with Crippen LogP contribution < -0.4 is 10.2 Å². The highest BCUT2D eigenvalue weighted by Crippen LogP contribution is 2.35. The molecule has 3 rings (SSSR count). The minimum Gasteiger partial charge on any atom is -0.444 e. The van der Waals surface area contributed by atoms with Crippen LogP contribution >= 0.6 is 23.4 Å². The number of thioether (sulfide) groups is 1. The van der Waals surface area contributed by atoms with Gasteiger partial charge in [0, 0.05) is 31.7 Å². The van der Waals surface area contributed by atoms with E-state index in [2.05, 4.69) is 10.2 Å². The number of anilines is 1. The van der Waals surface area contributed by atoms with Gasteiger partial charge in [0.1, 0.15) is 5.60 Å². The quantitative estimate of drug-likeness (QED) is 0.730. The second-order valence-electron chi connectivity index (χ2n) is 7.48. The standard InChI is InChI=1S/C19H22ClN3O4S/c1-19(2,3)27-18(26)23-9-7-22(8-10-23)15-12(5-4-6-13(15)20)11-14-16(24)21-17(25)28-14/h4-6,11H,7-10H2,1-3H3,(H,21,24,25)/b14-11-. The average Bonchev–Trinajstić information content (AvgIpc) is 2.91. The fraction of sp³-hybridized carbons (Fsp3) is 0.421. The molecule has 1 aromatic carbocycles. The van der Waals surface area contributed by atoms with E-state index in [4.69, 9.17) is 16.3 Å². The first-order valence-electron chi connectivity index (χ1n) is 8.90. The Hall–Kier alpha value is -2.19. The molecule has 28 heavy (non-hydrogen) atoms. The summed E-state index contributed by atoms with van der Waals surface area (Å²) in [7, 11) is 0. The van der Waals surface area contributed by atoms with Crippen LogP contribution in [0.4, 0.5) is 15.3 Å². The predicted octanol–water partition coefficient (Wildman–Crippen LogP) is 3.72. The number of carbonyl (C=O) groups excluding carboxylic acids is 3. The van der Waals surface area contributed by atoms with Crippen molar-refractivity contribution < 1.29 is 19.1 Å². The summed E-state index contributed by atoms with van der Waals surface area (Å²) in [5.41, 5.74) is 1.01. The number of benzene rings is 1. The maximum Gasteiger partial charge on any atom is 0.410 e. The van der Waals surface area contributed by atoms with E-state index in [-0.39, 0.29) is 11.3 Å². The number of para-hydroxylation sites is 1. The Kier molecular flexibility index (Phi) is 5.90. The van der Waals surface area contributed by atoms with Gasteiger partial charge in [-0.05, 0) is 44.7 Å². The number of nitrogens with zero attached hydrogens (tertiary/aromatic N) is 2. The zero-order chi connectivity index (χ0) is 20.5. The van der Waals surface area contributed by atoms with E-state index in [1.165, 1.54) is 0 Å². The highest BCUT2D eigenvalue weighted by atomic mass is 35.5. The number of amides is 3. The molecule has 0 aromatic heterocycles. The molecule has 7 nitrogen and oxygen atoms in total. The predicted molar refractivity (Wildman–Crippen MR) is 111 cm³/mol. The van der Waals surface area contributed by atoms with Crippen molar-refractivity contribution in [1.29, 1.82) is 0 Å². The number of halogens is 1. The molecule has 0 unspecified atom stereocenters. The van der Waals surface area contributed by atoms with Gasteiger partial charge in [-0.25, -0.2) is 4.79 Å². The molecular weight excluding hydrogens is 402 g/mol. The normalized spacial score (nSPS) is 19.2. The fourth-order valence-electron chi connectivity index (χ4n) is 2.98. The number of piperazine rings is 1. The molecule has 2 saturated heterocycles. The molecule has 0 radical (unpaired) electrons. The average molecular weight is 424 g/mol. The summed E-state index contributed by atoms with van der Waals surface area (Å²) in [4.78, 5) is 39.6. The molecule has 0 spiro atoms. The van der Waals surface area contributed by atoms with Crippen LogP contribution in [0.15, 0.2) is 23.1 Å². The first-order chi connectivity index (χ1) is 13.1. The van der Waals surface area contributed by atoms with Gasteiger partial charge < -0.3 is 14.5 Å². The third-order valence-electron chi connectivity index (χ3n) is 4.19. The molecule has 1 aromatic rings. The van der Waals surface area contributed by atoms with Crippen LogP contribution in [0.2, 0.25) is 5.02 Å². The minimum atomic E-state index is -0.534. The van der Waals surface area contributed by atoms with Gasteiger partial charge in [-0.1, -0.05) is 23.7 Å². The molecule has 2 heterocycles. The SMILES string of the molecule is CC(C)(C)OC(=O)N1CCN(c2c(Cl)cccc2/C=C2\SC(=O)NC2=O)CC1. The summed E-state index contributed by atoms with van der Waals surface area (Å²) < 4.78 is 5.43. The number of imide groups is 1. The molecule has 0 atom stereocenters. The van der Waals surface area contributed by atoms with Crippen LogP contribution in [-0.2, 0) is 9.53 Å². The van der Waals surface area contributed by atoms with E-state index < -0.39 is 11.5 Å². The van der Waals surface area contributed by atoms with E-state index in [0.717, 1.165) is 23.0 Å². The van der Waals surface area contributed by atoms with Crippen molar-refractivity contribution in [2.45, 2.75) is 26.4 Å². The first kappa shape index (κ1) is 20.5. The van der Waals surface area contributed by atoms with Crippen LogP contribution in [0, 0.1) is 0 Å². The van der Waals surface area contributed by atoms with Gasteiger partial charge in [0.25, 0.3) is 11.1 Å². The fourth-order valence-corrected chi connectivity index (χ4v) is 3.96. The van der Waals surface area contributed by atoms with Gasteiger partial charge in [-0.3, -0.25) is 14.9 Å². The zero-order valence-electron chi connectivity index (χ0n) is 16.0. The van der Waals surface area contributed by atoms with E-state index in [1.807, 2.05) is 26.8 Å². The second kappa shape index (κ2) is 8.05. The summed E-state index contributed by atoms with van der Waals surface area (Å²) in [6.07, 6.45) is 1.35. The monoisotopic (exact) mass is 423 g/mol. The molecule has 9 heteroatoms. The largest absolute Gasteiger partial charge is 0.444 e. The van der Waals surface area contributed by atoms with Crippen molar-refractivity contribution in [2.24, 2.45) is 0 Å². The summed E-state index contributed by atoms with van der Waals surface area (Å²) in [6, 6.07) is 5.44. The zero-order valence-corrected chi connectivity index (χ0v) is 17.5. The number of rotatable bonds is 2. The third-order valence-corrected chi connectivity index (χ3v) is 5.31. The second-order valence-corrected chi connectivity index (χ2v) is 8.91. The Bertz CT molecular complexity index is 842. The lowest BCUT2D eigenvalue weighted by molar-refractivity contribution is -0.115. The Labute approximate surface area is 173 Å². The van der Waals surface area contributed by atoms with Crippen LogP contribution in [0.3, 0.4) is 0 Å². The topological polar surface area (TPSA) is 79.0 Å². The lowest BCUT2D eigenvalue weighted by Gasteiger charge is -2.37. The van der Waals surface area contributed by atoms with Crippen molar-refractivity contribution in [3.63, 3.8) is 0 Å². The van der Waals surface area contributed by atoms with E-state index in [0.29, 0.717) is 36.1 Å². The number of carbonyl (C=O) groups is 3. The van der Waals surface area contributed by atoms with Crippen molar-refractivity contribution in [3.05, 3.63) is 33.7 Å². The highest BCUT2D eigenvalue weighted by molar-refractivity contribution is 8.18. The van der Waals surface area contributed by atoms with Crippen LogP contribution in [0.1, 0.15) is 26.3 Å². The first-order valence-corrected chi connectivity index (χ1v) is 10.1. The highest BCUT2D eigenvalue weighted by Gasteiger charge is 2.29. The molecule has 1 N–H and O–H groups in total. The van der Waals surface area contributed by atoms with Crippen molar-refractivity contribution >= 4 is 52.4 Å². The van der Waals surface area contributed by atoms with Gasteiger partial charge in [0.05, 0.1) is 15.6 Å². The summed E-state index contributed by atoms with van der Waals surface area (Å²) in [6.45, 7) is 7.69. The Morgan fingerprint density at radius 3 is 2.46 bits per heavy atom. The van der Waals surface area contributed by atoms with Gasteiger partial charge in [-0.15, -0.1) is 0 Å². The van der Waals surface area contributed by atoms with Crippen LogP contribution in [-0.4, -0.2) is 53.9 Å². The van der Waals surface area contributed by atoms with E-state index >= 15 is 0 Å². The number of ether oxygens (including phenoxy) is 1. The number of hydrogen-bond acceptors (Lipinski definition) is 6. The van der Waals surface area contributed by atoms with Crippen molar-refractivity contribution in [3.8, 4) is 0 Å². The molecule has 150 valence electrons.